The molecule has 1 aliphatic rings. The van der Waals surface area contributed by atoms with Gasteiger partial charge in [-0.1, -0.05) is 24.3 Å². The average Bonchev–Trinajstić information content (AvgIpc) is 2.84. The smallest absolute Gasteiger partial charge is 0.252 e. The lowest BCUT2D eigenvalue weighted by molar-refractivity contribution is -0.139. The van der Waals surface area contributed by atoms with Gasteiger partial charge in [-0.15, -0.1) is 0 Å². The van der Waals surface area contributed by atoms with Crippen molar-refractivity contribution in [3.8, 4) is 0 Å². The maximum atomic E-state index is 12.0. The van der Waals surface area contributed by atoms with E-state index in [1.165, 1.54) is 0 Å². The molecule has 98 valence electrons. The van der Waals surface area contributed by atoms with Gasteiger partial charge in [0.15, 0.2) is 0 Å². The maximum Gasteiger partial charge on any atom is 0.252 e. The van der Waals surface area contributed by atoms with E-state index in [1.807, 2.05) is 31.2 Å². The molecule has 1 fully saturated rings. The molecule has 4 nitrogen and oxygen atoms in total. The molecule has 1 atom stereocenters. The first-order valence-corrected chi connectivity index (χ1v) is 6.25. The summed E-state index contributed by atoms with van der Waals surface area (Å²) in [6, 6.07) is 7.54. The first-order chi connectivity index (χ1) is 8.64. The van der Waals surface area contributed by atoms with Crippen LogP contribution < -0.4 is 5.32 Å². The van der Waals surface area contributed by atoms with Gasteiger partial charge in [-0.25, -0.2) is 0 Å². The van der Waals surface area contributed by atoms with E-state index in [2.05, 4.69) is 5.32 Å². The molecule has 0 bridgehead atoms. The summed E-state index contributed by atoms with van der Waals surface area (Å²) in [7, 11) is 0. The van der Waals surface area contributed by atoms with Crippen molar-refractivity contribution in [2.75, 3.05) is 6.61 Å². The van der Waals surface area contributed by atoms with Gasteiger partial charge in [-0.3, -0.25) is 4.79 Å². The van der Waals surface area contributed by atoms with Crippen LogP contribution in [0.1, 0.15) is 30.9 Å². The summed E-state index contributed by atoms with van der Waals surface area (Å²) in [6.45, 7) is 2.97. The highest BCUT2D eigenvalue weighted by atomic mass is 16.5. The van der Waals surface area contributed by atoms with Crippen molar-refractivity contribution in [1.29, 1.82) is 0 Å². The van der Waals surface area contributed by atoms with Crippen molar-refractivity contribution in [2.24, 2.45) is 0 Å². The van der Waals surface area contributed by atoms with Crippen LogP contribution in [-0.2, 0) is 22.7 Å². The summed E-state index contributed by atoms with van der Waals surface area (Å²) < 4.78 is 5.48. The van der Waals surface area contributed by atoms with Crippen LogP contribution in [0.15, 0.2) is 24.3 Å². The summed E-state index contributed by atoms with van der Waals surface area (Å²) in [5.41, 5.74) is 1.16. The Morgan fingerprint density at radius 2 is 2.28 bits per heavy atom. The molecule has 1 aromatic carbocycles. The molecule has 0 aromatic heterocycles. The molecule has 0 saturated carbocycles. The molecule has 1 aromatic rings. The maximum absolute atomic E-state index is 12.0. The third-order valence-corrected chi connectivity index (χ3v) is 3.33. The lowest BCUT2D eigenvalue weighted by Crippen LogP contribution is -2.43. The molecule has 18 heavy (non-hydrogen) atoms. The van der Waals surface area contributed by atoms with Gasteiger partial charge in [0.25, 0.3) is 5.91 Å². The Balaban J connectivity index is 1.92. The zero-order valence-electron chi connectivity index (χ0n) is 10.6. The molecule has 1 unspecified atom stereocenters. The number of ether oxygens (including phenoxy) is 1. The lowest BCUT2D eigenvalue weighted by atomic mass is 10.0. The summed E-state index contributed by atoms with van der Waals surface area (Å²) in [4.78, 5) is 12.0. The number of nitrogens with one attached hydrogen (secondary N) is 1. The van der Waals surface area contributed by atoms with Gasteiger partial charge in [0.05, 0.1) is 6.61 Å². The molecule has 2 N–H and O–H groups in total. The SMILES string of the molecule is CC1(C(=O)NCc2cccc(CO)c2)CCCO1. The van der Waals surface area contributed by atoms with Crippen molar-refractivity contribution >= 4 is 5.91 Å². The fourth-order valence-electron chi connectivity index (χ4n) is 2.17. The van der Waals surface area contributed by atoms with Crippen LogP contribution in [0.5, 0.6) is 0 Å². The lowest BCUT2D eigenvalue weighted by Gasteiger charge is -2.21. The van der Waals surface area contributed by atoms with E-state index in [4.69, 9.17) is 9.84 Å². The van der Waals surface area contributed by atoms with Crippen LogP contribution in [0.3, 0.4) is 0 Å². The molecule has 1 amide bonds. The van der Waals surface area contributed by atoms with E-state index < -0.39 is 5.60 Å². The van der Waals surface area contributed by atoms with Crippen LogP contribution in [0.4, 0.5) is 0 Å². The van der Waals surface area contributed by atoms with Crippen molar-refractivity contribution in [1.82, 2.24) is 5.32 Å². The highest BCUT2D eigenvalue weighted by Crippen LogP contribution is 2.25. The number of hydrogen-bond acceptors (Lipinski definition) is 3. The summed E-state index contributed by atoms with van der Waals surface area (Å²) in [6.07, 6.45) is 1.71. The van der Waals surface area contributed by atoms with Crippen molar-refractivity contribution in [3.05, 3.63) is 35.4 Å². The normalized spacial score (nSPS) is 23.0. The van der Waals surface area contributed by atoms with E-state index in [1.54, 1.807) is 0 Å². The summed E-state index contributed by atoms with van der Waals surface area (Å²) in [5, 5.41) is 11.9. The van der Waals surface area contributed by atoms with Crippen molar-refractivity contribution < 1.29 is 14.6 Å². The number of benzene rings is 1. The Labute approximate surface area is 107 Å². The second-order valence-corrected chi connectivity index (χ2v) is 4.84. The number of carbonyl (C=O) groups is 1. The first kappa shape index (κ1) is 13.1. The Kier molecular flexibility index (Phi) is 3.99. The number of rotatable bonds is 4. The zero-order valence-corrected chi connectivity index (χ0v) is 10.6. The topological polar surface area (TPSA) is 58.6 Å². The quantitative estimate of drug-likeness (QED) is 0.847. The Hall–Kier alpha value is -1.39. The largest absolute Gasteiger partial charge is 0.392 e. The van der Waals surface area contributed by atoms with Crippen LogP contribution in [-0.4, -0.2) is 23.2 Å². The van der Waals surface area contributed by atoms with Crippen LogP contribution in [0, 0.1) is 0 Å². The molecule has 1 heterocycles. The van der Waals surface area contributed by atoms with Gasteiger partial charge in [0.1, 0.15) is 5.60 Å². The first-order valence-electron chi connectivity index (χ1n) is 6.25. The molecule has 0 spiro atoms. The molecular weight excluding hydrogens is 230 g/mol. The fourth-order valence-corrected chi connectivity index (χ4v) is 2.17. The van der Waals surface area contributed by atoms with Crippen LogP contribution in [0.25, 0.3) is 0 Å². The minimum atomic E-state index is -0.672. The van der Waals surface area contributed by atoms with Gasteiger partial charge in [-0.2, -0.15) is 0 Å². The third-order valence-electron chi connectivity index (χ3n) is 3.33. The monoisotopic (exact) mass is 249 g/mol. The van der Waals surface area contributed by atoms with Crippen molar-refractivity contribution in [2.45, 2.75) is 38.5 Å². The Morgan fingerprint density at radius 1 is 1.50 bits per heavy atom. The molecule has 0 aliphatic carbocycles. The molecule has 4 heteroatoms. The predicted molar refractivity (Wildman–Crippen MR) is 67.8 cm³/mol. The van der Waals surface area contributed by atoms with E-state index in [0.29, 0.717) is 13.2 Å². The number of aliphatic hydroxyl groups excluding tert-OH is 1. The number of amides is 1. The fraction of sp³-hybridized carbons (Fsp3) is 0.500. The molecule has 2 rings (SSSR count). The molecule has 1 saturated heterocycles. The van der Waals surface area contributed by atoms with Gasteiger partial charge in [0, 0.05) is 13.2 Å². The second kappa shape index (κ2) is 5.50. The minimum absolute atomic E-state index is 0.0165. The zero-order chi connectivity index (χ0) is 13.0. The van der Waals surface area contributed by atoms with Gasteiger partial charge in [0.2, 0.25) is 0 Å². The van der Waals surface area contributed by atoms with E-state index in [-0.39, 0.29) is 12.5 Å². The number of hydrogen-bond donors (Lipinski definition) is 2. The second-order valence-electron chi connectivity index (χ2n) is 4.84. The van der Waals surface area contributed by atoms with E-state index >= 15 is 0 Å². The van der Waals surface area contributed by atoms with Gasteiger partial charge < -0.3 is 15.2 Å². The van der Waals surface area contributed by atoms with E-state index in [9.17, 15) is 4.79 Å². The van der Waals surface area contributed by atoms with Crippen molar-refractivity contribution in [3.63, 3.8) is 0 Å². The summed E-state index contributed by atoms with van der Waals surface area (Å²) >= 11 is 0. The van der Waals surface area contributed by atoms with Gasteiger partial charge in [-0.05, 0) is 30.9 Å². The number of aliphatic hydroxyl groups is 1. The average molecular weight is 249 g/mol. The molecular formula is C14H19NO3. The highest BCUT2D eigenvalue weighted by molar-refractivity contribution is 5.84. The third kappa shape index (κ3) is 2.89. The van der Waals surface area contributed by atoms with E-state index in [0.717, 1.165) is 24.0 Å². The Morgan fingerprint density at radius 3 is 2.94 bits per heavy atom. The number of carbonyl (C=O) groups excluding carboxylic acids is 1. The summed E-state index contributed by atoms with van der Waals surface area (Å²) in [5.74, 6) is -0.0607. The standard InChI is InChI=1S/C14H19NO3/c1-14(6-3-7-18-14)13(17)15-9-11-4-2-5-12(8-11)10-16/h2,4-5,8,16H,3,6-7,9-10H2,1H3,(H,15,17). The Bertz CT molecular complexity index is 425. The molecule has 0 radical (unpaired) electrons. The van der Waals surface area contributed by atoms with Crippen LogP contribution >= 0.6 is 0 Å². The minimum Gasteiger partial charge on any atom is -0.392 e. The van der Waals surface area contributed by atoms with Gasteiger partial charge >= 0.3 is 0 Å². The molecule has 1 aliphatic heterocycles. The highest BCUT2D eigenvalue weighted by Gasteiger charge is 2.37. The predicted octanol–water partition coefficient (Wildman–Crippen LogP) is 1.36. The van der Waals surface area contributed by atoms with Crippen LogP contribution in [0.2, 0.25) is 0 Å².